The largest absolute Gasteiger partial charge is 0.378 e. The van der Waals surface area contributed by atoms with Crippen LogP contribution in [0.2, 0.25) is 0 Å². The van der Waals surface area contributed by atoms with Gasteiger partial charge < -0.3 is 10.1 Å². The Hall–Kier alpha value is -1.95. The van der Waals surface area contributed by atoms with Crippen molar-refractivity contribution in [2.24, 2.45) is 0 Å². The van der Waals surface area contributed by atoms with E-state index in [4.69, 9.17) is 4.74 Å². The second kappa shape index (κ2) is 6.22. The number of hydrogen-bond acceptors (Lipinski definition) is 4. The predicted molar refractivity (Wildman–Crippen MR) is 77.9 cm³/mol. The average molecular weight is 292 g/mol. The molecule has 1 heterocycles. The van der Waals surface area contributed by atoms with Crippen LogP contribution in [0, 0.1) is 10.1 Å². The lowest BCUT2D eigenvalue weighted by Crippen LogP contribution is -2.42. The highest BCUT2D eigenvalue weighted by atomic mass is 16.6. The molecular weight excluding hydrogens is 272 g/mol. The molecule has 114 valence electrons. The van der Waals surface area contributed by atoms with Gasteiger partial charge in [-0.05, 0) is 44.4 Å². The highest BCUT2D eigenvalue weighted by molar-refractivity contribution is 5.77. The Labute approximate surface area is 123 Å². The van der Waals surface area contributed by atoms with Gasteiger partial charge >= 0.3 is 0 Å². The molecular formula is C15H20N2O4. The SMILES string of the molecule is CC(C)(NC(=O)C[C@H]1CCCO1)c1ccc([N+](=O)[O-])cc1. The van der Waals surface area contributed by atoms with Gasteiger partial charge in [-0.3, -0.25) is 14.9 Å². The number of carbonyl (C=O) groups is 1. The topological polar surface area (TPSA) is 81.5 Å². The van der Waals surface area contributed by atoms with Crippen molar-refractivity contribution in [1.29, 1.82) is 0 Å². The summed E-state index contributed by atoms with van der Waals surface area (Å²) in [6.07, 6.45) is 2.29. The Morgan fingerprint density at radius 1 is 1.43 bits per heavy atom. The molecule has 1 aliphatic heterocycles. The number of nitro benzene ring substituents is 1. The number of non-ortho nitro benzene ring substituents is 1. The van der Waals surface area contributed by atoms with Crippen LogP contribution in [0.4, 0.5) is 5.69 Å². The van der Waals surface area contributed by atoms with E-state index in [-0.39, 0.29) is 17.7 Å². The zero-order valence-electron chi connectivity index (χ0n) is 12.3. The maximum atomic E-state index is 12.1. The minimum Gasteiger partial charge on any atom is -0.378 e. The summed E-state index contributed by atoms with van der Waals surface area (Å²) in [5, 5.41) is 13.6. The fourth-order valence-electron chi connectivity index (χ4n) is 2.48. The quantitative estimate of drug-likeness (QED) is 0.668. The van der Waals surface area contributed by atoms with Crippen LogP contribution in [0.3, 0.4) is 0 Å². The summed E-state index contributed by atoms with van der Waals surface area (Å²) in [4.78, 5) is 22.3. The van der Waals surface area contributed by atoms with Crippen molar-refractivity contribution in [3.63, 3.8) is 0 Å². The lowest BCUT2D eigenvalue weighted by Gasteiger charge is -2.27. The predicted octanol–water partition coefficient (Wildman–Crippen LogP) is 2.52. The highest BCUT2D eigenvalue weighted by Gasteiger charge is 2.26. The van der Waals surface area contributed by atoms with Crippen LogP contribution < -0.4 is 5.32 Å². The first-order valence-corrected chi connectivity index (χ1v) is 7.06. The van der Waals surface area contributed by atoms with Crippen LogP contribution in [0.5, 0.6) is 0 Å². The molecule has 0 unspecified atom stereocenters. The van der Waals surface area contributed by atoms with E-state index >= 15 is 0 Å². The van der Waals surface area contributed by atoms with Crippen LogP contribution in [0.15, 0.2) is 24.3 Å². The minimum atomic E-state index is -0.579. The summed E-state index contributed by atoms with van der Waals surface area (Å²) in [6.45, 7) is 4.48. The monoisotopic (exact) mass is 292 g/mol. The second-order valence-electron chi connectivity index (χ2n) is 5.82. The van der Waals surface area contributed by atoms with Gasteiger partial charge in [0.25, 0.3) is 5.69 Å². The van der Waals surface area contributed by atoms with Crippen LogP contribution in [-0.4, -0.2) is 23.5 Å². The number of nitro groups is 1. The van der Waals surface area contributed by atoms with Crippen molar-refractivity contribution in [2.75, 3.05) is 6.61 Å². The molecule has 1 saturated heterocycles. The van der Waals surface area contributed by atoms with Gasteiger partial charge in [0.15, 0.2) is 0 Å². The summed E-state index contributed by atoms with van der Waals surface area (Å²) in [5.41, 5.74) is 0.291. The number of benzene rings is 1. The van der Waals surface area contributed by atoms with Crippen LogP contribution in [-0.2, 0) is 15.1 Å². The number of hydrogen-bond donors (Lipinski definition) is 1. The molecule has 1 amide bonds. The second-order valence-corrected chi connectivity index (χ2v) is 5.82. The Balaban J connectivity index is 1.99. The summed E-state index contributed by atoms with van der Waals surface area (Å²) in [6, 6.07) is 6.24. The van der Waals surface area contributed by atoms with E-state index in [0.717, 1.165) is 25.0 Å². The molecule has 1 aromatic rings. The van der Waals surface area contributed by atoms with E-state index in [1.807, 2.05) is 13.8 Å². The van der Waals surface area contributed by atoms with Crippen molar-refractivity contribution in [3.8, 4) is 0 Å². The summed E-state index contributed by atoms with van der Waals surface area (Å²) in [5.74, 6) is -0.0646. The molecule has 1 fully saturated rings. The minimum absolute atomic E-state index is 0.0117. The number of carbonyl (C=O) groups excluding carboxylic acids is 1. The molecule has 0 bridgehead atoms. The Kier molecular flexibility index (Phi) is 4.57. The van der Waals surface area contributed by atoms with E-state index in [1.165, 1.54) is 12.1 Å². The van der Waals surface area contributed by atoms with Gasteiger partial charge in [-0.15, -0.1) is 0 Å². The first-order valence-electron chi connectivity index (χ1n) is 7.06. The first-order chi connectivity index (χ1) is 9.88. The molecule has 1 N–H and O–H groups in total. The van der Waals surface area contributed by atoms with Crippen molar-refractivity contribution in [2.45, 2.75) is 44.8 Å². The molecule has 1 atom stereocenters. The molecule has 6 heteroatoms. The number of amides is 1. The van der Waals surface area contributed by atoms with Crippen molar-refractivity contribution in [1.82, 2.24) is 5.32 Å². The smallest absolute Gasteiger partial charge is 0.269 e. The first kappa shape index (κ1) is 15.4. The molecule has 1 aliphatic rings. The third-order valence-corrected chi connectivity index (χ3v) is 3.69. The van der Waals surface area contributed by atoms with Gasteiger partial charge in [-0.1, -0.05) is 0 Å². The molecule has 21 heavy (non-hydrogen) atoms. The van der Waals surface area contributed by atoms with Crippen molar-refractivity contribution in [3.05, 3.63) is 39.9 Å². The molecule has 0 spiro atoms. The zero-order chi connectivity index (χ0) is 15.5. The maximum absolute atomic E-state index is 12.1. The third-order valence-electron chi connectivity index (χ3n) is 3.69. The lowest BCUT2D eigenvalue weighted by atomic mass is 9.93. The standard InChI is InChI=1S/C15H20N2O4/c1-15(2,11-5-7-12(8-6-11)17(19)20)16-14(18)10-13-4-3-9-21-13/h5-8,13H,3-4,9-10H2,1-2H3,(H,16,18)/t13-/m1/s1. The molecule has 0 saturated carbocycles. The van der Waals surface area contributed by atoms with Gasteiger partial charge in [-0.25, -0.2) is 0 Å². The number of nitrogens with zero attached hydrogens (tertiary/aromatic N) is 1. The zero-order valence-corrected chi connectivity index (χ0v) is 12.3. The van der Waals surface area contributed by atoms with Gasteiger partial charge in [0.1, 0.15) is 0 Å². The normalized spacial score (nSPS) is 18.5. The van der Waals surface area contributed by atoms with Crippen molar-refractivity contribution < 1.29 is 14.5 Å². The third kappa shape index (κ3) is 4.01. The molecule has 0 aliphatic carbocycles. The Morgan fingerprint density at radius 2 is 2.10 bits per heavy atom. The number of rotatable bonds is 5. The van der Waals surface area contributed by atoms with Gasteiger partial charge in [0.2, 0.25) is 5.91 Å². The highest BCUT2D eigenvalue weighted by Crippen LogP contribution is 2.23. The van der Waals surface area contributed by atoms with E-state index < -0.39 is 10.5 Å². The molecule has 2 rings (SSSR count). The lowest BCUT2D eigenvalue weighted by molar-refractivity contribution is -0.384. The van der Waals surface area contributed by atoms with Crippen LogP contribution in [0.1, 0.15) is 38.7 Å². The fraction of sp³-hybridized carbons (Fsp3) is 0.533. The molecule has 1 aromatic carbocycles. The van der Waals surface area contributed by atoms with Crippen LogP contribution in [0.25, 0.3) is 0 Å². The van der Waals surface area contributed by atoms with E-state index in [0.29, 0.717) is 6.42 Å². The van der Waals surface area contributed by atoms with E-state index in [1.54, 1.807) is 12.1 Å². The summed E-state index contributed by atoms with van der Waals surface area (Å²) < 4.78 is 5.45. The van der Waals surface area contributed by atoms with E-state index in [9.17, 15) is 14.9 Å². The fourth-order valence-corrected chi connectivity index (χ4v) is 2.48. The Morgan fingerprint density at radius 3 is 2.62 bits per heavy atom. The van der Waals surface area contributed by atoms with Crippen LogP contribution >= 0.6 is 0 Å². The summed E-state index contributed by atoms with van der Waals surface area (Å²) >= 11 is 0. The van der Waals surface area contributed by atoms with Crippen molar-refractivity contribution >= 4 is 11.6 Å². The summed E-state index contributed by atoms with van der Waals surface area (Å²) in [7, 11) is 0. The van der Waals surface area contributed by atoms with Gasteiger partial charge in [-0.2, -0.15) is 0 Å². The maximum Gasteiger partial charge on any atom is 0.269 e. The average Bonchev–Trinajstić information content (AvgIpc) is 2.90. The molecule has 6 nitrogen and oxygen atoms in total. The Bertz CT molecular complexity index is 519. The van der Waals surface area contributed by atoms with Gasteiger partial charge in [0, 0.05) is 18.7 Å². The number of nitrogens with one attached hydrogen (secondary N) is 1. The van der Waals surface area contributed by atoms with E-state index in [2.05, 4.69) is 5.32 Å². The number of ether oxygens (including phenoxy) is 1. The molecule has 0 aromatic heterocycles. The molecule has 0 radical (unpaired) electrons. The van der Waals surface area contributed by atoms with Gasteiger partial charge in [0.05, 0.1) is 23.0 Å².